The van der Waals surface area contributed by atoms with Crippen molar-refractivity contribution in [2.75, 3.05) is 6.61 Å². The Labute approximate surface area is 371 Å². The van der Waals surface area contributed by atoms with Crippen molar-refractivity contribution >= 4 is 11.9 Å². The van der Waals surface area contributed by atoms with Gasteiger partial charge in [-0.15, -0.1) is 0 Å². The van der Waals surface area contributed by atoms with Crippen LogP contribution in [0.25, 0.3) is 0 Å². The highest BCUT2D eigenvalue weighted by Crippen LogP contribution is 2.17. The Kier molecular flexibility index (Phi) is 45.2. The molecule has 3 N–H and O–H groups in total. The summed E-state index contributed by atoms with van der Waals surface area (Å²) in [6.45, 7) is 6.30. The molecule has 0 spiro atoms. The number of hydrogen-bond donors (Lipinski definition) is 3. The lowest BCUT2D eigenvalue weighted by atomic mass is 10.0. The van der Waals surface area contributed by atoms with E-state index < -0.39 is 18.2 Å². The molecular formula is C54H95NO5. The molecule has 0 aliphatic rings. The molecule has 0 aromatic rings. The van der Waals surface area contributed by atoms with Gasteiger partial charge in [-0.1, -0.05) is 222 Å². The summed E-state index contributed by atoms with van der Waals surface area (Å²) in [4.78, 5) is 26.1. The van der Waals surface area contributed by atoms with Gasteiger partial charge < -0.3 is 20.3 Å². The molecule has 0 aromatic heterocycles. The number of aliphatic hydroxyl groups excluding tert-OH is 2. The van der Waals surface area contributed by atoms with Crippen LogP contribution in [-0.4, -0.2) is 46.9 Å². The second kappa shape index (κ2) is 47.4. The van der Waals surface area contributed by atoms with E-state index >= 15 is 0 Å². The summed E-state index contributed by atoms with van der Waals surface area (Å²) in [5.74, 6) is -0.523. The minimum Gasteiger partial charge on any atom is -0.462 e. The lowest BCUT2D eigenvalue weighted by molar-refractivity contribution is -0.151. The van der Waals surface area contributed by atoms with Crippen molar-refractivity contribution in [3.05, 3.63) is 72.9 Å². The maximum Gasteiger partial charge on any atom is 0.306 e. The predicted octanol–water partition coefficient (Wildman–Crippen LogP) is 15.0. The fourth-order valence-electron chi connectivity index (χ4n) is 7.31. The van der Waals surface area contributed by atoms with Gasteiger partial charge in [0.2, 0.25) is 5.91 Å². The Morgan fingerprint density at radius 2 is 0.900 bits per heavy atom. The molecule has 0 aliphatic carbocycles. The van der Waals surface area contributed by atoms with Crippen LogP contribution >= 0.6 is 0 Å². The summed E-state index contributed by atoms with van der Waals surface area (Å²) in [7, 11) is 0. The van der Waals surface area contributed by atoms with Crippen LogP contribution in [0.15, 0.2) is 72.9 Å². The summed E-state index contributed by atoms with van der Waals surface area (Å²) >= 11 is 0. The molecule has 0 saturated carbocycles. The van der Waals surface area contributed by atoms with E-state index in [4.69, 9.17) is 4.74 Å². The smallest absolute Gasteiger partial charge is 0.306 e. The number of amides is 1. The molecular weight excluding hydrogens is 743 g/mol. The second-order valence-corrected chi connectivity index (χ2v) is 17.0. The summed E-state index contributed by atoms with van der Waals surface area (Å²) in [5, 5.41) is 23.7. The molecule has 0 bridgehead atoms. The van der Waals surface area contributed by atoms with Gasteiger partial charge in [0.1, 0.15) is 6.10 Å². The van der Waals surface area contributed by atoms with Crippen LogP contribution in [0, 0.1) is 0 Å². The van der Waals surface area contributed by atoms with E-state index in [0.29, 0.717) is 19.3 Å². The fraction of sp³-hybridized carbons (Fsp3) is 0.741. The minimum absolute atomic E-state index is 0.0515. The Balaban J connectivity index is 4.66. The van der Waals surface area contributed by atoms with Gasteiger partial charge in [0, 0.05) is 6.42 Å². The summed E-state index contributed by atoms with van der Waals surface area (Å²) in [5.41, 5.74) is 0. The van der Waals surface area contributed by atoms with E-state index in [0.717, 1.165) is 103 Å². The van der Waals surface area contributed by atoms with Crippen LogP contribution < -0.4 is 5.32 Å². The number of nitrogens with one attached hydrogen (secondary N) is 1. The number of hydrogen-bond acceptors (Lipinski definition) is 5. The molecule has 6 heteroatoms. The summed E-state index contributed by atoms with van der Waals surface area (Å²) in [6.07, 6.45) is 59.5. The van der Waals surface area contributed by atoms with Crippen LogP contribution in [0.1, 0.15) is 233 Å². The van der Waals surface area contributed by atoms with Gasteiger partial charge in [0.05, 0.1) is 25.2 Å². The third-order valence-electron chi connectivity index (χ3n) is 11.1. The normalized spacial score (nSPS) is 13.9. The fourth-order valence-corrected chi connectivity index (χ4v) is 7.31. The average Bonchev–Trinajstić information content (AvgIpc) is 3.24. The number of esters is 1. The Hall–Kier alpha value is -2.70. The Bertz CT molecular complexity index is 1120. The summed E-state index contributed by atoms with van der Waals surface area (Å²) < 4.78 is 5.91. The number of carbonyl (C=O) groups excluding carboxylic acids is 2. The van der Waals surface area contributed by atoms with E-state index in [1.54, 1.807) is 0 Å². The molecule has 0 heterocycles. The Morgan fingerprint density at radius 1 is 0.500 bits per heavy atom. The van der Waals surface area contributed by atoms with Crippen molar-refractivity contribution in [3.63, 3.8) is 0 Å². The van der Waals surface area contributed by atoms with Crippen molar-refractivity contribution in [2.24, 2.45) is 0 Å². The van der Waals surface area contributed by atoms with Gasteiger partial charge in [0.15, 0.2) is 0 Å². The third kappa shape index (κ3) is 42.0. The van der Waals surface area contributed by atoms with Gasteiger partial charge in [-0.3, -0.25) is 9.59 Å². The molecule has 0 radical (unpaired) electrons. The van der Waals surface area contributed by atoms with Crippen LogP contribution in [-0.2, 0) is 14.3 Å². The first-order valence-electron chi connectivity index (χ1n) is 25.2. The zero-order chi connectivity index (χ0) is 43.8. The van der Waals surface area contributed by atoms with E-state index in [-0.39, 0.29) is 24.9 Å². The molecule has 0 aromatic carbocycles. The topological polar surface area (TPSA) is 95.9 Å². The van der Waals surface area contributed by atoms with Gasteiger partial charge in [-0.25, -0.2) is 0 Å². The maximum absolute atomic E-state index is 13.2. The SMILES string of the molecule is CC/C=C/C=C/C=C/C=C\CCCCCCCC(=O)OC(CCCCCC/C=C/C=C/CCCCC)CC(=O)NC(CO)C(O)CCCCCCCCCCCCCCC. The highest BCUT2D eigenvalue weighted by atomic mass is 16.5. The highest BCUT2D eigenvalue weighted by Gasteiger charge is 2.24. The molecule has 3 atom stereocenters. The molecule has 6 nitrogen and oxygen atoms in total. The van der Waals surface area contributed by atoms with Crippen LogP contribution in [0.2, 0.25) is 0 Å². The third-order valence-corrected chi connectivity index (χ3v) is 11.1. The van der Waals surface area contributed by atoms with Crippen molar-refractivity contribution in [1.82, 2.24) is 5.32 Å². The lowest BCUT2D eigenvalue weighted by Crippen LogP contribution is -2.46. The van der Waals surface area contributed by atoms with Gasteiger partial charge in [-0.05, 0) is 70.6 Å². The van der Waals surface area contributed by atoms with E-state index in [2.05, 4.69) is 80.8 Å². The molecule has 346 valence electrons. The first-order valence-corrected chi connectivity index (χ1v) is 25.2. The average molecular weight is 838 g/mol. The number of unbranched alkanes of at least 4 members (excludes halogenated alkanes) is 24. The first kappa shape index (κ1) is 57.3. The van der Waals surface area contributed by atoms with Crippen molar-refractivity contribution in [1.29, 1.82) is 0 Å². The molecule has 0 fully saturated rings. The van der Waals surface area contributed by atoms with Crippen molar-refractivity contribution < 1.29 is 24.5 Å². The number of carbonyl (C=O) groups is 2. The van der Waals surface area contributed by atoms with Crippen LogP contribution in [0.4, 0.5) is 0 Å². The zero-order valence-corrected chi connectivity index (χ0v) is 39.3. The monoisotopic (exact) mass is 838 g/mol. The number of allylic oxidation sites excluding steroid dienone is 12. The largest absolute Gasteiger partial charge is 0.462 e. The number of aliphatic hydroxyl groups is 2. The second-order valence-electron chi connectivity index (χ2n) is 17.0. The molecule has 0 aliphatic heterocycles. The summed E-state index contributed by atoms with van der Waals surface area (Å²) in [6, 6.07) is -0.715. The molecule has 0 saturated heterocycles. The van der Waals surface area contributed by atoms with Crippen molar-refractivity contribution in [3.8, 4) is 0 Å². The van der Waals surface area contributed by atoms with Gasteiger partial charge >= 0.3 is 5.97 Å². The van der Waals surface area contributed by atoms with E-state index in [1.807, 2.05) is 18.2 Å². The molecule has 60 heavy (non-hydrogen) atoms. The Morgan fingerprint density at radius 3 is 1.42 bits per heavy atom. The van der Waals surface area contributed by atoms with E-state index in [1.165, 1.54) is 83.5 Å². The molecule has 3 unspecified atom stereocenters. The standard InChI is InChI=1S/C54H95NO5/c1-4-7-10-13-16-19-22-25-26-29-32-35-38-41-44-47-54(59)60-50(45-42-39-36-33-30-27-23-20-17-14-11-8-5-2)48-53(58)55-51(49-56)52(57)46-43-40-37-34-31-28-24-21-18-15-12-9-6-3/h7,10,13,16-17,19-20,22-23,25-27,50-52,56-57H,4-6,8-9,11-12,14-15,18,21,24,28-49H2,1-3H3,(H,55,58)/b10-7+,16-13+,20-17+,22-19+,26-25-,27-23+. The lowest BCUT2D eigenvalue weighted by Gasteiger charge is -2.24. The zero-order valence-electron chi connectivity index (χ0n) is 39.3. The first-order chi connectivity index (χ1) is 29.5. The highest BCUT2D eigenvalue weighted by molar-refractivity contribution is 5.77. The number of ether oxygens (including phenoxy) is 1. The minimum atomic E-state index is -0.800. The van der Waals surface area contributed by atoms with E-state index in [9.17, 15) is 19.8 Å². The van der Waals surface area contributed by atoms with Crippen LogP contribution in [0.5, 0.6) is 0 Å². The van der Waals surface area contributed by atoms with Crippen LogP contribution in [0.3, 0.4) is 0 Å². The van der Waals surface area contributed by atoms with Crippen molar-refractivity contribution in [2.45, 2.75) is 251 Å². The maximum atomic E-state index is 13.2. The quantitative estimate of drug-likeness (QED) is 0.0323. The number of rotatable bonds is 44. The van der Waals surface area contributed by atoms with Gasteiger partial charge in [0.25, 0.3) is 0 Å². The predicted molar refractivity (Wildman–Crippen MR) is 259 cm³/mol. The molecule has 0 rings (SSSR count). The molecule has 1 amide bonds. The van der Waals surface area contributed by atoms with Gasteiger partial charge in [-0.2, -0.15) is 0 Å².